The van der Waals surface area contributed by atoms with Crippen LogP contribution in [0.3, 0.4) is 0 Å². The van der Waals surface area contributed by atoms with E-state index in [0.717, 1.165) is 32.5 Å². The molecule has 0 aromatic carbocycles. The lowest BCUT2D eigenvalue weighted by Crippen LogP contribution is -2.45. The van der Waals surface area contributed by atoms with Crippen molar-refractivity contribution in [1.82, 2.24) is 4.90 Å². The van der Waals surface area contributed by atoms with Gasteiger partial charge < -0.3 is 19.1 Å². The molecule has 0 aromatic rings. The highest BCUT2D eigenvalue weighted by Gasteiger charge is 2.39. The number of likely N-dealkylation sites (tertiary alicyclic amines) is 1. The lowest BCUT2D eigenvalue weighted by molar-refractivity contribution is -0.185. The fourth-order valence-corrected chi connectivity index (χ4v) is 2.25. The van der Waals surface area contributed by atoms with Crippen LogP contribution in [0.2, 0.25) is 0 Å². The van der Waals surface area contributed by atoms with Gasteiger partial charge in [-0.1, -0.05) is 0 Å². The molecule has 0 radical (unpaired) electrons. The normalized spacial score (nSPS) is 24.8. The first-order chi connectivity index (χ1) is 7.74. The smallest absolute Gasteiger partial charge is 0.306 e. The zero-order chi connectivity index (χ0) is 11.4. The molecular weight excluding hydrogens is 210 g/mol. The first kappa shape index (κ1) is 11.8. The number of carbonyl (C=O) groups excluding carboxylic acids is 1. The van der Waals surface area contributed by atoms with Gasteiger partial charge in [0.25, 0.3) is 0 Å². The summed E-state index contributed by atoms with van der Waals surface area (Å²) in [4.78, 5) is 13.3. The molecule has 0 N–H and O–H groups in total. The summed E-state index contributed by atoms with van der Waals surface area (Å²) < 4.78 is 15.9. The molecule has 1 spiro atoms. The van der Waals surface area contributed by atoms with E-state index in [-0.39, 0.29) is 11.8 Å². The summed E-state index contributed by atoms with van der Waals surface area (Å²) in [6, 6.07) is 0. The van der Waals surface area contributed by atoms with Crippen molar-refractivity contribution in [1.29, 1.82) is 0 Å². The first-order valence-electron chi connectivity index (χ1n) is 5.81. The molecule has 0 saturated carbocycles. The second-order valence-corrected chi connectivity index (χ2v) is 4.28. The Morgan fingerprint density at radius 3 is 2.50 bits per heavy atom. The minimum absolute atomic E-state index is 0.145. The van der Waals surface area contributed by atoms with Gasteiger partial charge >= 0.3 is 5.97 Å². The average molecular weight is 229 g/mol. The van der Waals surface area contributed by atoms with Crippen LogP contribution in [0.15, 0.2) is 0 Å². The third kappa shape index (κ3) is 2.72. The fourth-order valence-electron chi connectivity index (χ4n) is 2.25. The van der Waals surface area contributed by atoms with Gasteiger partial charge in [0.15, 0.2) is 5.79 Å². The van der Waals surface area contributed by atoms with Crippen LogP contribution in [0, 0.1) is 0 Å². The number of hydrogen-bond acceptors (Lipinski definition) is 5. The van der Waals surface area contributed by atoms with Crippen LogP contribution < -0.4 is 0 Å². The van der Waals surface area contributed by atoms with E-state index < -0.39 is 0 Å². The van der Waals surface area contributed by atoms with Crippen LogP contribution >= 0.6 is 0 Å². The van der Waals surface area contributed by atoms with Gasteiger partial charge in [0, 0.05) is 32.5 Å². The molecule has 0 aromatic heterocycles. The quantitative estimate of drug-likeness (QED) is 0.655. The minimum Gasteiger partial charge on any atom is -0.469 e. The number of methoxy groups -OCH3 is 1. The molecule has 2 fully saturated rings. The molecule has 2 rings (SSSR count). The second kappa shape index (κ2) is 5.12. The van der Waals surface area contributed by atoms with E-state index in [1.807, 2.05) is 0 Å². The molecule has 16 heavy (non-hydrogen) atoms. The van der Waals surface area contributed by atoms with Gasteiger partial charge in [0.2, 0.25) is 0 Å². The zero-order valence-corrected chi connectivity index (χ0v) is 9.74. The van der Waals surface area contributed by atoms with Crippen molar-refractivity contribution in [3.63, 3.8) is 0 Å². The van der Waals surface area contributed by atoms with Crippen molar-refractivity contribution in [2.24, 2.45) is 0 Å². The molecular formula is C11H19NO4. The summed E-state index contributed by atoms with van der Waals surface area (Å²) in [6.45, 7) is 4.04. The Labute approximate surface area is 95.6 Å². The van der Waals surface area contributed by atoms with Gasteiger partial charge in [-0.15, -0.1) is 0 Å². The lowest BCUT2D eigenvalue weighted by atomic mass is 10.0. The second-order valence-electron chi connectivity index (χ2n) is 4.28. The van der Waals surface area contributed by atoms with E-state index in [0.29, 0.717) is 19.6 Å². The zero-order valence-electron chi connectivity index (χ0n) is 9.74. The molecule has 92 valence electrons. The number of esters is 1. The van der Waals surface area contributed by atoms with Crippen molar-refractivity contribution in [3.8, 4) is 0 Å². The van der Waals surface area contributed by atoms with Crippen molar-refractivity contribution in [2.45, 2.75) is 25.0 Å². The Morgan fingerprint density at radius 2 is 1.94 bits per heavy atom. The number of piperidine rings is 1. The fraction of sp³-hybridized carbons (Fsp3) is 0.909. The predicted octanol–water partition coefficient (Wildman–Crippen LogP) is 0.388. The van der Waals surface area contributed by atoms with E-state index in [4.69, 9.17) is 9.47 Å². The Bertz CT molecular complexity index is 240. The molecule has 0 aliphatic carbocycles. The lowest BCUT2D eigenvalue weighted by Gasteiger charge is -2.37. The van der Waals surface area contributed by atoms with Gasteiger partial charge in [-0.3, -0.25) is 4.79 Å². The molecule has 2 saturated heterocycles. The Morgan fingerprint density at radius 1 is 1.31 bits per heavy atom. The topological polar surface area (TPSA) is 48.0 Å². The number of carbonyl (C=O) groups is 1. The van der Waals surface area contributed by atoms with Crippen molar-refractivity contribution < 1.29 is 19.0 Å². The van der Waals surface area contributed by atoms with Gasteiger partial charge in [0.05, 0.1) is 26.7 Å². The van der Waals surface area contributed by atoms with E-state index in [2.05, 4.69) is 9.64 Å². The highest BCUT2D eigenvalue weighted by atomic mass is 16.7. The van der Waals surface area contributed by atoms with Gasteiger partial charge in [-0.05, 0) is 0 Å². The largest absolute Gasteiger partial charge is 0.469 e. The van der Waals surface area contributed by atoms with Crippen LogP contribution in [0.5, 0.6) is 0 Å². The van der Waals surface area contributed by atoms with Gasteiger partial charge in [-0.2, -0.15) is 0 Å². The number of ether oxygens (including phenoxy) is 3. The standard InChI is InChI=1S/C11H19NO4/c1-14-10(13)2-5-12-6-3-11(4-7-12)15-8-9-16-11/h2-9H2,1H3. The monoisotopic (exact) mass is 229 g/mol. The third-order valence-corrected chi connectivity index (χ3v) is 3.29. The van der Waals surface area contributed by atoms with Crippen molar-refractivity contribution >= 4 is 5.97 Å². The highest BCUT2D eigenvalue weighted by Crippen LogP contribution is 2.31. The molecule has 2 heterocycles. The van der Waals surface area contributed by atoms with Crippen LogP contribution in [-0.4, -0.2) is 56.6 Å². The summed E-state index contributed by atoms with van der Waals surface area (Å²) in [5.41, 5.74) is 0. The Kier molecular flexibility index (Phi) is 3.78. The molecule has 0 unspecified atom stereocenters. The van der Waals surface area contributed by atoms with Crippen LogP contribution in [0.4, 0.5) is 0 Å². The maximum atomic E-state index is 11.0. The number of rotatable bonds is 3. The van der Waals surface area contributed by atoms with Crippen LogP contribution in [0.1, 0.15) is 19.3 Å². The Balaban J connectivity index is 1.70. The Hall–Kier alpha value is -0.650. The van der Waals surface area contributed by atoms with Gasteiger partial charge in [-0.25, -0.2) is 0 Å². The first-order valence-corrected chi connectivity index (χ1v) is 5.81. The van der Waals surface area contributed by atoms with E-state index in [1.165, 1.54) is 7.11 Å². The maximum absolute atomic E-state index is 11.0. The molecule has 2 aliphatic rings. The highest BCUT2D eigenvalue weighted by molar-refractivity contribution is 5.69. The van der Waals surface area contributed by atoms with E-state index in [1.54, 1.807) is 0 Å². The maximum Gasteiger partial charge on any atom is 0.306 e. The summed E-state index contributed by atoms with van der Waals surface area (Å²) in [7, 11) is 1.42. The molecule has 5 nitrogen and oxygen atoms in total. The summed E-state index contributed by atoms with van der Waals surface area (Å²) >= 11 is 0. The van der Waals surface area contributed by atoms with Crippen LogP contribution in [0.25, 0.3) is 0 Å². The van der Waals surface area contributed by atoms with Crippen LogP contribution in [-0.2, 0) is 19.0 Å². The summed E-state index contributed by atoms with van der Waals surface area (Å²) in [5, 5.41) is 0. The molecule has 5 heteroatoms. The summed E-state index contributed by atoms with van der Waals surface area (Å²) in [5.74, 6) is -0.462. The average Bonchev–Trinajstić information content (AvgIpc) is 2.77. The molecule has 2 aliphatic heterocycles. The molecule has 0 bridgehead atoms. The van der Waals surface area contributed by atoms with E-state index >= 15 is 0 Å². The molecule has 0 amide bonds. The van der Waals surface area contributed by atoms with Gasteiger partial charge in [0.1, 0.15) is 0 Å². The summed E-state index contributed by atoms with van der Waals surface area (Å²) in [6.07, 6.45) is 2.26. The van der Waals surface area contributed by atoms with E-state index in [9.17, 15) is 4.79 Å². The van der Waals surface area contributed by atoms with Crippen molar-refractivity contribution in [2.75, 3.05) is 40.0 Å². The molecule has 0 atom stereocenters. The minimum atomic E-state index is -0.318. The van der Waals surface area contributed by atoms with Crippen molar-refractivity contribution in [3.05, 3.63) is 0 Å². The third-order valence-electron chi connectivity index (χ3n) is 3.29. The number of nitrogens with zero attached hydrogens (tertiary/aromatic N) is 1. The number of hydrogen-bond donors (Lipinski definition) is 0. The predicted molar refractivity (Wildman–Crippen MR) is 56.9 cm³/mol. The SMILES string of the molecule is COC(=O)CCN1CCC2(CC1)OCCO2.